The summed E-state index contributed by atoms with van der Waals surface area (Å²) in [6.07, 6.45) is -1.21. The molecule has 1 aromatic heterocycles. The summed E-state index contributed by atoms with van der Waals surface area (Å²) in [4.78, 5) is 5.58. The average Bonchev–Trinajstić information content (AvgIpc) is 2.87. The first-order chi connectivity index (χ1) is 9.04. The Balaban J connectivity index is 1.71. The first-order valence-electron chi connectivity index (χ1n) is 6.43. The molecule has 0 amide bonds. The van der Waals surface area contributed by atoms with E-state index in [4.69, 9.17) is 0 Å². The second-order valence-electron chi connectivity index (χ2n) is 5.10. The van der Waals surface area contributed by atoms with E-state index in [0.717, 1.165) is 50.4 Å². The molecule has 2 fully saturated rings. The molecule has 0 aromatic carbocycles. The van der Waals surface area contributed by atoms with Crippen LogP contribution in [0.25, 0.3) is 0 Å². The van der Waals surface area contributed by atoms with E-state index in [1.807, 2.05) is 4.90 Å². The highest BCUT2D eigenvalue weighted by molar-refractivity contribution is 7.09. The summed E-state index contributed by atoms with van der Waals surface area (Å²) >= 11 is 0.847. The highest BCUT2D eigenvalue weighted by atomic mass is 32.1. The first-order valence-corrected chi connectivity index (χ1v) is 7.20. The van der Waals surface area contributed by atoms with E-state index >= 15 is 0 Å². The van der Waals surface area contributed by atoms with Gasteiger partial charge in [-0.3, -0.25) is 0 Å². The summed E-state index contributed by atoms with van der Waals surface area (Å²) in [5, 5.41) is 3.88. The molecule has 2 atom stereocenters. The number of hydrogen-bond donors (Lipinski definition) is 1. The van der Waals surface area contributed by atoms with Gasteiger partial charge in [0, 0.05) is 30.7 Å². The monoisotopic (exact) mass is 292 g/mol. The van der Waals surface area contributed by atoms with Crippen molar-refractivity contribution in [3.8, 4) is 0 Å². The number of nitrogens with zero attached hydrogens (tertiary/aromatic N) is 3. The Morgan fingerprint density at radius 2 is 2.16 bits per heavy atom. The number of nitrogens with one attached hydrogen (secondary N) is 1. The molecule has 2 aliphatic rings. The predicted molar refractivity (Wildman–Crippen MR) is 66.3 cm³/mol. The van der Waals surface area contributed by atoms with Crippen LogP contribution >= 0.6 is 11.5 Å². The van der Waals surface area contributed by atoms with Crippen LogP contribution in [0.15, 0.2) is 0 Å². The lowest BCUT2D eigenvalue weighted by molar-refractivity contribution is -0.144. The zero-order valence-corrected chi connectivity index (χ0v) is 11.1. The van der Waals surface area contributed by atoms with Crippen LogP contribution in [0.3, 0.4) is 0 Å². The summed E-state index contributed by atoms with van der Waals surface area (Å²) in [6.45, 7) is 2.59. The average molecular weight is 292 g/mol. The molecule has 3 heterocycles. The van der Waals surface area contributed by atoms with Crippen molar-refractivity contribution in [1.82, 2.24) is 14.7 Å². The van der Waals surface area contributed by atoms with Crippen molar-refractivity contribution in [3.63, 3.8) is 0 Å². The largest absolute Gasteiger partial charge is 0.452 e. The van der Waals surface area contributed by atoms with Gasteiger partial charge in [-0.25, -0.2) is 0 Å². The Kier molecular flexibility index (Phi) is 3.38. The third kappa shape index (κ3) is 2.69. The summed E-state index contributed by atoms with van der Waals surface area (Å²) in [6, 6.07) is 0.514. The molecule has 1 N–H and O–H groups in total. The number of rotatable bonds is 1. The SMILES string of the molecule is FC(F)(F)c1nsc(N2CCC3NCCCC3C2)n1. The minimum absolute atomic E-state index is 0.399. The van der Waals surface area contributed by atoms with Gasteiger partial charge in [0.1, 0.15) is 0 Å². The highest BCUT2D eigenvalue weighted by Crippen LogP contribution is 2.33. The molecule has 106 valence electrons. The summed E-state index contributed by atoms with van der Waals surface area (Å²) in [7, 11) is 0. The topological polar surface area (TPSA) is 41.1 Å². The third-order valence-corrected chi connectivity index (χ3v) is 4.61. The molecule has 3 rings (SSSR count). The molecule has 2 unspecified atom stereocenters. The van der Waals surface area contributed by atoms with Crippen molar-refractivity contribution in [2.75, 3.05) is 24.5 Å². The van der Waals surface area contributed by atoms with E-state index in [1.165, 1.54) is 0 Å². The molecular weight excluding hydrogens is 277 g/mol. The highest BCUT2D eigenvalue weighted by Gasteiger charge is 2.38. The molecule has 0 spiro atoms. The van der Waals surface area contributed by atoms with Crippen LogP contribution in [0.5, 0.6) is 0 Å². The lowest BCUT2D eigenvalue weighted by Crippen LogP contribution is -2.52. The molecule has 0 aliphatic carbocycles. The predicted octanol–water partition coefficient (Wildman–Crippen LogP) is 2.14. The van der Waals surface area contributed by atoms with Gasteiger partial charge < -0.3 is 10.2 Å². The van der Waals surface area contributed by atoms with E-state index in [2.05, 4.69) is 14.7 Å². The Hall–Kier alpha value is -0.890. The Labute approximate surface area is 113 Å². The molecule has 0 bridgehead atoms. The maximum absolute atomic E-state index is 12.5. The zero-order chi connectivity index (χ0) is 13.5. The van der Waals surface area contributed by atoms with Crippen molar-refractivity contribution in [1.29, 1.82) is 0 Å². The third-order valence-electron chi connectivity index (χ3n) is 3.83. The van der Waals surface area contributed by atoms with Crippen molar-refractivity contribution in [2.45, 2.75) is 31.5 Å². The van der Waals surface area contributed by atoms with Crippen LogP contribution in [0.2, 0.25) is 0 Å². The molecule has 4 nitrogen and oxygen atoms in total. The normalized spacial score (nSPS) is 28.3. The number of halogens is 3. The van der Waals surface area contributed by atoms with Gasteiger partial charge in [-0.15, -0.1) is 0 Å². The second kappa shape index (κ2) is 4.90. The molecule has 0 radical (unpaired) electrons. The van der Waals surface area contributed by atoms with Crippen molar-refractivity contribution >= 4 is 16.7 Å². The van der Waals surface area contributed by atoms with E-state index in [9.17, 15) is 13.2 Å². The van der Waals surface area contributed by atoms with Gasteiger partial charge in [0.05, 0.1) is 0 Å². The van der Waals surface area contributed by atoms with Crippen LogP contribution in [-0.4, -0.2) is 35.0 Å². The number of anilines is 1. The fraction of sp³-hybridized carbons (Fsp3) is 0.818. The molecular formula is C11H15F3N4S. The van der Waals surface area contributed by atoms with E-state index in [0.29, 0.717) is 17.1 Å². The summed E-state index contributed by atoms with van der Waals surface area (Å²) in [5.74, 6) is -0.503. The van der Waals surface area contributed by atoms with E-state index < -0.39 is 12.0 Å². The smallest absolute Gasteiger partial charge is 0.346 e. The second-order valence-corrected chi connectivity index (χ2v) is 5.83. The van der Waals surface area contributed by atoms with Gasteiger partial charge >= 0.3 is 6.18 Å². The number of fused-ring (bicyclic) bond motifs is 1. The minimum Gasteiger partial charge on any atom is -0.346 e. The lowest BCUT2D eigenvalue weighted by atomic mass is 9.86. The number of alkyl halides is 3. The van der Waals surface area contributed by atoms with Gasteiger partial charge in [-0.05, 0) is 31.7 Å². The number of piperidine rings is 2. The van der Waals surface area contributed by atoms with Crippen LogP contribution < -0.4 is 10.2 Å². The lowest BCUT2D eigenvalue weighted by Gasteiger charge is -2.41. The van der Waals surface area contributed by atoms with Crippen LogP contribution in [0.1, 0.15) is 25.1 Å². The van der Waals surface area contributed by atoms with Gasteiger partial charge in [0.25, 0.3) is 0 Å². The van der Waals surface area contributed by atoms with E-state index in [1.54, 1.807) is 0 Å². The molecule has 8 heteroatoms. The zero-order valence-electron chi connectivity index (χ0n) is 10.3. The molecule has 0 saturated carbocycles. The van der Waals surface area contributed by atoms with Crippen LogP contribution in [0.4, 0.5) is 18.3 Å². The minimum atomic E-state index is -4.44. The van der Waals surface area contributed by atoms with Crippen molar-refractivity contribution in [3.05, 3.63) is 5.82 Å². The maximum Gasteiger partial charge on any atom is 0.452 e. The number of hydrogen-bond acceptors (Lipinski definition) is 5. The fourth-order valence-electron chi connectivity index (χ4n) is 2.88. The van der Waals surface area contributed by atoms with Crippen LogP contribution in [-0.2, 0) is 6.18 Å². The molecule has 2 aliphatic heterocycles. The van der Waals surface area contributed by atoms with Crippen molar-refractivity contribution in [2.24, 2.45) is 5.92 Å². The van der Waals surface area contributed by atoms with Gasteiger partial charge in [0.15, 0.2) is 0 Å². The quantitative estimate of drug-likeness (QED) is 0.861. The molecule has 2 saturated heterocycles. The van der Waals surface area contributed by atoms with Gasteiger partial charge in [-0.1, -0.05) is 0 Å². The standard InChI is InChI=1S/C11H15F3N4S/c12-11(13,14)9-16-10(19-17-9)18-5-3-8-7(6-18)2-1-4-15-8/h7-8,15H,1-6H2. The van der Waals surface area contributed by atoms with Crippen molar-refractivity contribution < 1.29 is 13.2 Å². The Bertz CT molecular complexity index is 447. The van der Waals surface area contributed by atoms with Crippen LogP contribution in [0, 0.1) is 5.92 Å². The summed E-state index contributed by atoms with van der Waals surface area (Å²) in [5.41, 5.74) is 0. The molecule has 19 heavy (non-hydrogen) atoms. The maximum atomic E-state index is 12.5. The van der Waals surface area contributed by atoms with Gasteiger partial charge in [0.2, 0.25) is 11.0 Å². The van der Waals surface area contributed by atoms with Gasteiger partial charge in [-0.2, -0.15) is 22.5 Å². The first kappa shape index (κ1) is 13.1. The van der Waals surface area contributed by atoms with E-state index in [-0.39, 0.29) is 0 Å². The Morgan fingerprint density at radius 1 is 1.32 bits per heavy atom. The molecule has 1 aromatic rings. The fourth-order valence-corrected chi connectivity index (χ4v) is 3.60. The Morgan fingerprint density at radius 3 is 2.89 bits per heavy atom. The summed E-state index contributed by atoms with van der Waals surface area (Å²) < 4.78 is 40.9. The number of aromatic nitrogens is 2.